The quantitative estimate of drug-likeness (QED) is 0.244. The number of rotatable bonds is 9. The first-order valence-electron chi connectivity index (χ1n) is 10.1. The summed E-state index contributed by atoms with van der Waals surface area (Å²) >= 11 is 1.33. The molecule has 33 heavy (non-hydrogen) atoms. The van der Waals surface area contributed by atoms with E-state index >= 15 is 0 Å². The number of nitro groups is 1. The molecule has 1 N–H and O–H groups in total. The third kappa shape index (κ3) is 6.39. The molecule has 3 rings (SSSR count). The minimum Gasteiger partial charge on any atom is -0.379 e. The molecule has 0 saturated carbocycles. The Balaban J connectivity index is 1.71. The van der Waals surface area contributed by atoms with Gasteiger partial charge in [0.2, 0.25) is 5.91 Å². The highest BCUT2D eigenvalue weighted by molar-refractivity contribution is 8.15. The van der Waals surface area contributed by atoms with Crippen LogP contribution >= 0.6 is 11.8 Å². The molecule has 0 unspecified atom stereocenters. The molecule has 1 aliphatic rings. The van der Waals surface area contributed by atoms with Crippen LogP contribution in [-0.4, -0.2) is 35.9 Å². The Morgan fingerprint density at radius 2 is 2.06 bits per heavy atom. The normalized spacial score (nSPS) is 17.5. The smallest absolute Gasteiger partial charge is 0.339 e. The number of amides is 1. The summed E-state index contributed by atoms with van der Waals surface area (Å²) in [5.74, 6) is -0.0719. The highest BCUT2D eigenvalue weighted by atomic mass is 32.2. The molecule has 1 atom stereocenters. The SMILES string of the molecule is CCCC[C@@H]1S/C(=N\N=C/c2cccc(OS(=O)(=O)c3ccc(C)c([N+](=O)[O-])c3)c2)NC1=O. The Labute approximate surface area is 195 Å². The Morgan fingerprint density at radius 1 is 1.27 bits per heavy atom. The van der Waals surface area contributed by atoms with Gasteiger partial charge < -0.3 is 9.50 Å². The number of carbonyl (C=O) groups is 1. The van der Waals surface area contributed by atoms with E-state index in [0.717, 1.165) is 25.3 Å². The van der Waals surface area contributed by atoms with E-state index in [-0.39, 0.29) is 27.5 Å². The van der Waals surface area contributed by atoms with Crippen LogP contribution in [0.2, 0.25) is 0 Å². The summed E-state index contributed by atoms with van der Waals surface area (Å²) in [6.45, 7) is 3.58. The van der Waals surface area contributed by atoms with E-state index in [0.29, 0.717) is 16.3 Å². The van der Waals surface area contributed by atoms with Crippen molar-refractivity contribution in [1.82, 2.24) is 5.32 Å². The molecule has 0 bridgehead atoms. The van der Waals surface area contributed by atoms with Crippen molar-refractivity contribution in [3.05, 3.63) is 63.7 Å². The molecule has 0 spiro atoms. The maximum Gasteiger partial charge on any atom is 0.339 e. The minimum atomic E-state index is -4.28. The number of hydrogen-bond donors (Lipinski definition) is 1. The second-order valence-electron chi connectivity index (χ2n) is 7.20. The lowest BCUT2D eigenvalue weighted by molar-refractivity contribution is -0.385. The molecule has 1 aliphatic heterocycles. The van der Waals surface area contributed by atoms with Gasteiger partial charge in [-0.05, 0) is 37.1 Å². The highest BCUT2D eigenvalue weighted by Crippen LogP contribution is 2.26. The number of nitrogens with one attached hydrogen (secondary N) is 1. The van der Waals surface area contributed by atoms with Gasteiger partial charge in [0.05, 0.1) is 16.4 Å². The van der Waals surface area contributed by atoms with Crippen molar-refractivity contribution in [3.63, 3.8) is 0 Å². The summed E-state index contributed by atoms with van der Waals surface area (Å²) < 4.78 is 30.3. The first-order valence-corrected chi connectivity index (χ1v) is 12.4. The Bertz CT molecular complexity index is 1230. The van der Waals surface area contributed by atoms with Gasteiger partial charge in [-0.3, -0.25) is 14.9 Å². The molecular weight excluding hydrogens is 468 g/mol. The van der Waals surface area contributed by atoms with Crippen molar-refractivity contribution in [3.8, 4) is 5.75 Å². The van der Waals surface area contributed by atoms with Gasteiger partial charge in [-0.1, -0.05) is 49.7 Å². The number of carbonyl (C=O) groups excluding carboxylic acids is 1. The van der Waals surface area contributed by atoms with Crippen LogP contribution in [0.5, 0.6) is 5.75 Å². The van der Waals surface area contributed by atoms with Crippen LogP contribution in [-0.2, 0) is 14.9 Å². The average molecular weight is 491 g/mol. The van der Waals surface area contributed by atoms with Gasteiger partial charge in [0.25, 0.3) is 5.69 Å². The van der Waals surface area contributed by atoms with Gasteiger partial charge in [-0.2, -0.15) is 13.5 Å². The van der Waals surface area contributed by atoms with Gasteiger partial charge in [-0.25, -0.2) is 0 Å². The Kier molecular flexibility index (Phi) is 7.82. The highest BCUT2D eigenvalue weighted by Gasteiger charge is 2.29. The zero-order valence-corrected chi connectivity index (χ0v) is 19.6. The summed E-state index contributed by atoms with van der Waals surface area (Å²) in [5.41, 5.74) is 0.541. The van der Waals surface area contributed by atoms with E-state index in [1.54, 1.807) is 12.1 Å². The van der Waals surface area contributed by atoms with Crippen LogP contribution in [0.1, 0.15) is 37.3 Å². The topological polar surface area (TPSA) is 140 Å². The fourth-order valence-corrected chi connectivity index (χ4v) is 4.86. The molecule has 1 heterocycles. The summed E-state index contributed by atoms with van der Waals surface area (Å²) in [5, 5.41) is 22.0. The number of hydrogen-bond acceptors (Lipinski definition) is 9. The number of thioether (sulfide) groups is 1. The van der Waals surface area contributed by atoms with E-state index < -0.39 is 15.0 Å². The van der Waals surface area contributed by atoms with Crippen molar-refractivity contribution in [1.29, 1.82) is 0 Å². The third-order valence-corrected chi connectivity index (χ3v) is 7.07. The standard InChI is InChI=1S/C21H22N4O6S2/c1-3-4-8-19-20(26)23-21(32-19)24-22-13-15-6-5-7-16(11-15)31-33(29,30)17-10-9-14(2)18(12-17)25(27)28/h5-7,9-13,19H,3-4,8H2,1-2H3,(H,23,24,26)/b22-13-/t19-/m0/s1. The second kappa shape index (κ2) is 10.6. The first-order chi connectivity index (χ1) is 15.7. The van der Waals surface area contributed by atoms with E-state index in [2.05, 4.69) is 22.4 Å². The molecule has 2 aromatic rings. The van der Waals surface area contributed by atoms with Gasteiger partial charge in [0, 0.05) is 11.6 Å². The number of amidine groups is 1. The summed E-state index contributed by atoms with van der Waals surface area (Å²) in [4.78, 5) is 22.1. The lowest BCUT2D eigenvalue weighted by Crippen LogP contribution is -2.24. The van der Waals surface area contributed by atoms with Gasteiger partial charge in [0.1, 0.15) is 10.6 Å². The average Bonchev–Trinajstić information content (AvgIpc) is 3.11. The molecule has 0 radical (unpaired) electrons. The number of nitro benzene ring substituents is 1. The lowest BCUT2D eigenvalue weighted by atomic mass is 10.2. The lowest BCUT2D eigenvalue weighted by Gasteiger charge is -2.08. The van der Waals surface area contributed by atoms with Crippen molar-refractivity contribution >= 4 is 44.9 Å². The molecule has 174 valence electrons. The van der Waals surface area contributed by atoms with E-state index in [4.69, 9.17) is 4.18 Å². The molecule has 0 aliphatic carbocycles. The van der Waals surface area contributed by atoms with Crippen molar-refractivity contribution in [2.45, 2.75) is 43.3 Å². The molecule has 1 saturated heterocycles. The zero-order valence-electron chi connectivity index (χ0n) is 17.9. The molecule has 1 amide bonds. The Hall–Kier alpha value is -3.25. The molecule has 12 heteroatoms. The van der Waals surface area contributed by atoms with E-state index in [1.807, 2.05) is 0 Å². The van der Waals surface area contributed by atoms with Crippen LogP contribution < -0.4 is 9.50 Å². The fourth-order valence-electron chi connectivity index (χ4n) is 2.94. The molecule has 1 fully saturated rings. The zero-order chi connectivity index (χ0) is 24.0. The maximum absolute atomic E-state index is 12.6. The Morgan fingerprint density at radius 3 is 2.79 bits per heavy atom. The number of nitrogens with zero attached hydrogens (tertiary/aromatic N) is 3. The van der Waals surface area contributed by atoms with Crippen LogP contribution in [0.3, 0.4) is 0 Å². The summed E-state index contributed by atoms with van der Waals surface area (Å²) in [6, 6.07) is 9.69. The predicted molar refractivity (Wildman–Crippen MR) is 126 cm³/mol. The molecule has 0 aromatic heterocycles. The first kappa shape index (κ1) is 24.4. The van der Waals surface area contributed by atoms with Crippen LogP contribution in [0.4, 0.5) is 5.69 Å². The number of benzene rings is 2. The van der Waals surface area contributed by atoms with Crippen LogP contribution in [0.15, 0.2) is 57.6 Å². The van der Waals surface area contributed by atoms with E-state index in [1.165, 1.54) is 49.2 Å². The van der Waals surface area contributed by atoms with Crippen molar-refractivity contribution in [2.24, 2.45) is 10.2 Å². The largest absolute Gasteiger partial charge is 0.379 e. The van der Waals surface area contributed by atoms with Crippen molar-refractivity contribution in [2.75, 3.05) is 0 Å². The van der Waals surface area contributed by atoms with E-state index in [9.17, 15) is 23.3 Å². The molecule has 2 aromatic carbocycles. The minimum absolute atomic E-state index is 0.0120. The summed E-state index contributed by atoms with van der Waals surface area (Å²) in [6.07, 6.45) is 4.13. The van der Waals surface area contributed by atoms with Gasteiger partial charge >= 0.3 is 10.1 Å². The van der Waals surface area contributed by atoms with Gasteiger partial charge in [-0.15, -0.1) is 5.10 Å². The van der Waals surface area contributed by atoms with Gasteiger partial charge in [0.15, 0.2) is 5.17 Å². The third-order valence-electron chi connectivity index (χ3n) is 4.68. The molecular formula is C21H22N4O6S2. The fraction of sp³-hybridized carbons (Fsp3) is 0.286. The van der Waals surface area contributed by atoms with Crippen LogP contribution in [0, 0.1) is 17.0 Å². The number of unbranched alkanes of at least 4 members (excludes halogenated alkanes) is 1. The maximum atomic E-state index is 12.6. The second-order valence-corrected chi connectivity index (χ2v) is 9.94. The molecule has 10 nitrogen and oxygen atoms in total. The number of aryl methyl sites for hydroxylation is 1. The summed E-state index contributed by atoms with van der Waals surface area (Å²) in [7, 11) is -4.28. The predicted octanol–water partition coefficient (Wildman–Crippen LogP) is 3.78. The van der Waals surface area contributed by atoms with Crippen LogP contribution in [0.25, 0.3) is 0 Å². The monoisotopic (exact) mass is 490 g/mol. The van der Waals surface area contributed by atoms with Crippen molar-refractivity contribution < 1.29 is 22.3 Å².